The highest BCUT2D eigenvalue weighted by Gasteiger charge is 2.33. The van der Waals surface area contributed by atoms with Crippen molar-refractivity contribution in [2.75, 3.05) is 13.2 Å². The molecular formula is C15H23Cl2F2N3O5. The van der Waals surface area contributed by atoms with Gasteiger partial charge < -0.3 is 15.2 Å². The monoisotopic (exact) mass is 433 g/mol. The molecule has 8 nitrogen and oxygen atoms in total. The number of hydrogen-bond donors (Lipinski definition) is 3. The first-order valence-electron chi connectivity index (χ1n) is 8.29. The van der Waals surface area contributed by atoms with Gasteiger partial charge in [-0.1, -0.05) is 23.2 Å². The lowest BCUT2D eigenvalue weighted by atomic mass is 10.1. The predicted molar refractivity (Wildman–Crippen MR) is 93.2 cm³/mol. The first-order valence-corrected chi connectivity index (χ1v) is 9.05. The summed E-state index contributed by atoms with van der Waals surface area (Å²) in [6.45, 7) is 2.84. The fraction of sp³-hybridized carbons (Fsp3) is 0.800. The van der Waals surface area contributed by atoms with Crippen molar-refractivity contribution in [2.24, 2.45) is 0 Å². The molecule has 0 aliphatic carbocycles. The number of halogens is 4. The summed E-state index contributed by atoms with van der Waals surface area (Å²) >= 11 is 11.5. The third-order valence-electron chi connectivity index (χ3n) is 3.64. The largest absolute Gasteiger partial charge is 0.461 e. The van der Waals surface area contributed by atoms with E-state index in [0.29, 0.717) is 12.8 Å². The summed E-state index contributed by atoms with van der Waals surface area (Å²) in [6, 6.07) is -1.90. The van der Waals surface area contributed by atoms with Gasteiger partial charge in [-0.25, -0.2) is 14.2 Å². The van der Waals surface area contributed by atoms with Crippen LogP contribution in [0.2, 0.25) is 0 Å². The molecule has 0 radical (unpaired) electrons. The van der Waals surface area contributed by atoms with Crippen LogP contribution >= 0.6 is 23.2 Å². The van der Waals surface area contributed by atoms with Crippen LogP contribution in [0.3, 0.4) is 0 Å². The molecule has 0 unspecified atom stereocenters. The van der Waals surface area contributed by atoms with Crippen molar-refractivity contribution in [3.63, 3.8) is 0 Å². The van der Waals surface area contributed by atoms with Crippen molar-refractivity contribution in [1.82, 2.24) is 15.8 Å². The van der Waals surface area contributed by atoms with Crippen LogP contribution in [-0.2, 0) is 19.1 Å². The Bertz CT molecular complexity index is 548. The molecule has 1 aliphatic rings. The Hall–Kier alpha value is -1.23. The molecule has 27 heavy (non-hydrogen) atoms. The molecule has 3 atom stereocenters. The summed E-state index contributed by atoms with van der Waals surface area (Å²) < 4.78 is 28.2. The number of carbonyl (C=O) groups is 3. The average Bonchev–Trinajstić information content (AvgIpc) is 2.57. The second-order valence-corrected chi connectivity index (χ2v) is 8.23. The van der Waals surface area contributed by atoms with E-state index in [9.17, 15) is 28.3 Å². The van der Waals surface area contributed by atoms with E-state index in [-0.39, 0.29) is 13.2 Å². The molecule has 1 heterocycles. The van der Waals surface area contributed by atoms with Crippen LogP contribution in [0.25, 0.3) is 0 Å². The van der Waals surface area contributed by atoms with E-state index in [1.54, 1.807) is 0 Å². The second-order valence-electron chi connectivity index (χ2n) is 6.36. The number of amides is 2. The third-order valence-corrected chi connectivity index (χ3v) is 3.86. The molecule has 1 rings (SSSR count). The average molecular weight is 434 g/mol. The maximum Gasteiger partial charge on any atom is 0.325 e. The molecule has 0 aromatic heterocycles. The molecule has 1 aliphatic heterocycles. The molecule has 0 saturated carbocycles. The minimum atomic E-state index is -2.85. The van der Waals surface area contributed by atoms with Crippen molar-refractivity contribution < 1.29 is 33.0 Å². The predicted octanol–water partition coefficient (Wildman–Crippen LogP) is 0.740. The van der Waals surface area contributed by atoms with Gasteiger partial charge in [-0.2, -0.15) is 0 Å². The minimum absolute atomic E-state index is 0.227. The van der Waals surface area contributed by atoms with Gasteiger partial charge in [0.2, 0.25) is 12.3 Å². The number of esters is 1. The van der Waals surface area contributed by atoms with Gasteiger partial charge in [0.05, 0.1) is 0 Å². The topological polar surface area (TPSA) is 108 Å². The number of alkyl halides is 4. The number of hydrazine groups is 1. The van der Waals surface area contributed by atoms with E-state index in [1.807, 2.05) is 0 Å². The lowest BCUT2D eigenvalue weighted by Crippen LogP contribution is -2.60. The van der Waals surface area contributed by atoms with E-state index in [1.165, 1.54) is 13.8 Å². The molecule has 1 saturated heterocycles. The molecule has 0 bridgehead atoms. The Morgan fingerprint density at radius 3 is 2.59 bits per heavy atom. The van der Waals surface area contributed by atoms with Crippen LogP contribution in [0, 0.1) is 0 Å². The van der Waals surface area contributed by atoms with Crippen LogP contribution in [0.5, 0.6) is 0 Å². The highest BCUT2D eigenvalue weighted by molar-refractivity contribution is 6.48. The van der Waals surface area contributed by atoms with Gasteiger partial charge in [-0.05, 0) is 26.7 Å². The fourth-order valence-electron chi connectivity index (χ4n) is 2.29. The van der Waals surface area contributed by atoms with Crippen LogP contribution in [0.15, 0.2) is 0 Å². The number of carbonyl (C=O) groups excluding carboxylic acids is 3. The molecule has 156 valence electrons. The van der Waals surface area contributed by atoms with Crippen molar-refractivity contribution in [2.45, 2.75) is 62.1 Å². The molecule has 12 heteroatoms. The van der Waals surface area contributed by atoms with Crippen LogP contribution < -0.4 is 10.7 Å². The number of aliphatic hydroxyl groups excluding tert-OH is 1. The lowest BCUT2D eigenvalue weighted by Gasteiger charge is -2.34. The standard InChI is InChI=1S/C15H23Cl2F2N3O5/c1-8(20-12(24)10(23)6-11(18)19)13(25)22-5-3-4-9(21-22)14(26)27-7-15(2,16)17/h8-11,21,23H,3-7H2,1-2H3,(H,20,24)/t8-,9-,10-/m0/s1. The molecular weight excluding hydrogens is 411 g/mol. The van der Waals surface area contributed by atoms with Crippen LogP contribution in [0.4, 0.5) is 8.78 Å². The van der Waals surface area contributed by atoms with Crippen molar-refractivity contribution >= 4 is 41.0 Å². The maximum absolute atomic E-state index is 12.4. The van der Waals surface area contributed by atoms with Gasteiger partial charge in [-0.3, -0.25) is 19.4 Å². The molecule has 2 amide bonds. The first-order chi connectivity index (χ1) is 12.4. The van der Waals surface area contributed by atoms with Gasteiger partial charge in [0.1, 0.15) is 29.1 Å². The van der Waals surface area contributed by atoms with E-state index >= 15 is 0 Å². The van der Waals surface area contributed by atoms with E-state index < -0.39 is 53.2 Å². The number of nitrogens with one attached hydrogen (secondary N) is 2. The molecule has 1 fully saturated rings. The number of ether oxygens (including phenoxy) is 1. The molecule has 0 aromatic rings. The highest BCUT2D eigenvalue weighted by atomic mass is 35.5. The Labute approximate surface area is 165 Å². The van der Waals surface area contributed by atoms with E-state index in [4.69, 9.17) is 27.9 Å². The van der Waals surface area contributed by atoms with Crippen LogP contribution in [0.1, 0.15) is 33.1 Å². The second kappa shape index (κ2) is 10.4. The normalized spacial score (nSPS) is 20.1. The Morgan fingerprint density at radius 1 is 1.41 bits per heavy atom. The smallest absolute Gasteiger partial charge is 0.325 e. The number of nitrogens with zero attached hydrogens (tertiary/aromatic N) is 1. The molecule has 3 N–H and O–H groups in total. The zero-order valence-electron chi connectivity index (χ0n) is 14.9. The summed E-state index contributed by atoms with van der Waals surface area (Å²) in [5.74, 6) is -2.30. The van der Waals surface area contributed by atoms with Gasteiger partial charge in [0.25, 0.3) is 5.91 Å². The SMILES string of the molecule is C[C@H](NC(=O)[C@@H](O)CC(F)F)C(=O)N1CCC[C@@H](C(=O)OCC(C)(Cl)Cl)N1. The Morgan fingerprint density at radius 2 is 2.04 bits per heavy atom. The van der Waals surface area contributed by atoms with E-state index in [2.05, 4.69) is 10.7 Å². The third kappa shape index (κ3) is 8.54. The van der Waals surface area contributed by atoms with E-state index in [0.717, 1.165) is 5.01 Å². The van der Waals surface area contributed by atoms with Gasteiger partial charge >= 0.3 is 5.97 Å². The quantitative estimate of drug-likeness (QED) is 0.384. The number of rotatable bonds is 8. The minimum Gasteiger partial charge on any atom is -0.461 e. The Kier molecular flexibility index (Phi) is 9.13. The van der Waals surface area contributed by atoms with Gasteiger partial charge in [0.15, 0.2) is 0 Å². The van der Waals surface area contributed by atoms with Crippen LogP contribution in [-0.4, -0.2) is 70.0 Å². The summed E-state index contributed by atoms with van der Waals surface area (Å²) in [7, 11) is 0. The Balaban J connectivity index is 2.56. The lowest BCUT2D eigenvalue weighted by molar-refractivity contribution is -0.153. The first kappa shape index (κ1) is 23.8. The van der Waals surface area contributed by atoms with Gasteiger partial charge in [-0.15, -0.1) is 0 Å². The maximum atomic E-state index is 12.4. The number of aliphatic hydroxyl groups is 1. The van der Waals surface area contributed by atoms with Crippen molar-refractivity contribution in [3.05, 3.63) is 0 Å². The zero-order chi connectivity index (χ0) is 20.8. The summed E-state index contributed by atoms with van der Waals surface area (Å²) in [5.41, 5.74) is 2.69. The van der Waals surface area contributed by atoms with Gasteiger partial charge in [0, 0.05) is 13.0 Å². The molecule has 0 spiro atoms. The van der Waals surface area contributed by atoms with Crippen molar-refractivity contribution in [1.29, 1.82) is 0 Å². The highest BCUT2D eigenvalue weighted by Crippen LogP contribution is 2.20. The number of hydrogen-bond acceptors (Lipinski definition) is 6. The summed E-state index contributed by atoms with van der Waals surface area (Å²) in [4.78, 5) is 36.1. The fourth-order valence-corrected chi connectivity index (χ4v) is 2.40. The van der Waals surface area contributed by atoms with Crippen molar-refractivity contribution in [3.8, 4) is 0 Å². The summed E-state index contributed by atoms with van der Waals surface area (Å²) in [6.07, 6.45) is -4.89. The zero-order valence-corrected chi connectivity index (χ0v) is 16.4. The summed E-state index contributed by atoms with van der Waals surface area (Å²) in [5, 5.41) is 12.7. The molecule has 0 aromatic carbocycles.